The van der Waals surface area contributed by atoms with Crippen molar-refractivity contribution in [2.75, 3.05) is 0 Å². The molecule has 3 heteroatoms. The molecule has 0 aliphatic rings. The molecule has 0 radical (unpaired) electrons. The summed E-state index contributed by atoms with van der Waals surface area (Å²) in [4.78, 5) is 10.5. The Morgan fingerprint density at radius 1 is 1.50 bits per heavy atom. The number of hydrogen-bond donors (Lipinski definition) is 0. The number of hydrogen-bond acceptors (Lipinski definition) is 2. The standard InChI is InChI=1S/C7H6N2O/c8-3-6-9-4-1-7(10)2-5-9/h1-2,4-5H,6H2. The van der Waals surface area contributed by atoms with E-state index in [0.29, 0.717) is 6.54 Å². The normalized spacial score (nSPS) is 8.70. The highest BCUT2D eigenvalue weighted by atomic mass is 16.1. The zero-order chi connectivity index (χ0) is 7.40. The minimum atomic E-state index is -0.0332. The molecular weight excluding hydrogens is 128 g/mol. The van der Waals surface area contributed by atoms with E-state index in [1.54, 1.807) is 17.0 Å². The van der Waals surface area contributed by atoms with Crippen molar-refractivity contribution in [3.63, 3.8) is 0 Å². The number of aromatic nitrogens is 1. The van der Waals surface area contributed by atoms with Gasteiger partial charge in [0, 0.05) is 24.5 Å². The minimum Gasteiger partial charge on any atom is -0.340 e. The van der Waals surface area contributed by atoms with Gasteiger partial charge in [0.2, 0.25) is 0 Å². The Morgan fingerprint density at radius 3 is 2.60 bits per heavy atom. The fourth-order valence-corrected chi connectivity index (χ4v) is 0.631. The van der Waals surface area contributed by atoms with E-state index in [9.17, 15) is 4.79 Å². The molecule has 0 bridgehead atoms. The number of nitrogens with zero attached hydrogens (tertiary/aromatic N) is 2. The van der Waals surface area contributed by atoms with E-state index in [0.717, 1.165) is 0 Å². The molecule has 0 fully saturated rings. The third kappa shape index (κ3) is 1.46. The van der Waals surface area contributed by atoms with Gasteiger partial charge in [0.15, 0.2) is 5.43 Å². The van der Waals surface area contributed by atoms with Crippen LogP contribution in [0.1, 0.15) is 0 Å². The summed E-state index contributed by atoms with van der Waals surface area (Å²) in [5, 5.41) is 8.24. The van der Waals surface area contributed by atoms with Crippen LogP contribution < -0.4 is 5.43 Å². The van der Waals surface area contributed by atoms with Crippen LogP contribution in [-0.2, 0) is 6.54 Å². The van der Waals surface area contributed by atoms with E-state index in [2.05, 4.69) is 0 Å². The molecular formula is C7H6N2O. The zero-order valence-corrected chi connectivity index (χ0v) is 5.32. The van der Waals surface area contributed by atoms with Crippen molar-refractivity contribution < 1.29 is 0 Å². The van der Waals surface area contributed by atoms with Crippen LogP contribution in [-0.4, -0.2) is 4.57 Å². The fourth-order valence-electron chi connectivity index (χ4n) is 0.631. The lowest BCUT2D eigenvalue weighted by molar-refractivity contribution is 0.821. The smallest absolute Gasteiger partial charge is 0.181 e. The van der Waals surface area contributed by atoms with Crippen molar-refractivity contribution in [2.45, 2.75) is 6.54 Å². The van der Waals surface area contributed by atoms with Gasteiger partial charge in [-0.3, -0.25) is 4.79 Å². The molecule has 1 aromatic heterocycles. The van der Waals surface area contributed by atoms with Crippen LogP contribution in [0.15, 0.2) is 29.3 Å². The molecule has 10 heavy (non-hydrogen) atoms. The molecule has 3 nitrogen and oxygen atoms in total. The molecule has 0 saturated heterocycles. The molecule has 0 atom stereocenters. The van der Waals surface area contributed by atoms with E-state index in [1.807, 2.05) is 6.07 Å². The van der Waals surface area contributed by atoms with Gasteiger partial charge in [-0.1, -0.05) is 0 Å². The topological polar surface area (TPSA) is 45.8 Å². The molecule has 0 spiro atoms. The molecule has 0 N–H and O–H groups in total. The summed E-state index contributed by atoms with van der Waals surface area (Å²) in [6, 6.07) is 4.82. The average Bonchev–Trinajstić information content (AvgIpc) is 1.95. The third-order valence-corrected chi connectivity index (χ3v) is 1.11. The van der Waals surface area contributed by atoms with Crippen LogP contribution in [0.4, 0.5) is 0 Å². The van der Waals surface area contributed by atoms with Gasteiger partial charge in [-0.2, -0.15) is 5.26 Å². The molecule has 1 aromatic rings. The number of rotatable bonds is 1. The van der Waals surface area contributed by atoms with E-state index >= 15 is 0 Å². The Morgan fingerprint density at radius 2 is 2.10 bits per heavy atom. The van der Waals surface area contributed by atoms with Crippen LogP contribution in [0.5, 0.6) is 0 Å². The summed E-state index contributed by atoms with van der Waals surface area (Å²) < 4.78 is 1.64. The first kappa shape index (κ1) is 6.56. The SMILES string of the molecule is N#CCn1ccc(=O)cc1. The highest BCUT2D eigenvalue weighted by Gasteiger charge is 1.83. The van der Waals surface area contributed by atoms with Gasteiger partial charge in [-0.25, -0.2) is 0 Å². The largest absolute Gasteiger partial charge is 0.340 e. The summed E-state index contributed by atoms with van der Waals surface area (Å²) >= 11 is 0. The van der Waals surface area contributed by atoms with E-state index in [1.165, 1.54) is 12.1 Å². The summed E-state index contributed by atoms with van der Waals surface area (Å²) in [5.74, 6) is 0. The number of pyridine rings is 1. The summed E-state index contributed by atoms with van der Waals surface area (Å²) in [7, 11) is 0. The second kappa shape index (κ2) is 2.83. The maximum absolute atomic E-state index is 10.5. The predicted octanol–water partition coefficient (Wildman–Crippen LogP) is 0.372. The lowest BCUT2D eigenvalue weighted by atomic mass is 10.4. The van der Waals surface area contributed by atoms with Crippen molar-refractivity contribution in [1.29, 1.82) is 5.26 Å². The number of nitriles is 1. The van der Waals surface area contributed by atoms with Crippen LogP contribution in [0.25, 0.3) is 0 Å². The molecule has 0 saturated carbocycles. The molecule has 1 rings (SSSR count). The maximum atomic E-state index is 10.5. The first-order valence-corrected chi connectivity index (χ1v) is 2.86. The van der Waals surface area contributed by atoms with Gasteiger partial charge < -0.3 is 4.57 Å². The molecule has 0 unspecified atom stereocenters. The van der Waals surface area contributed by atoms with Crippen molar-refractivity contribution in [3.8, 4) is 6.07 Å². The molecule has 50 valence electrons. The van der Waals surface area contributed by atoms with Crippen molar-refractivity contribution >= 4 is 0 Å². The minimum absolute atomic E-state index is 0.0332. The molecule has 0 aliphatic carbocycles. The van der Waals surface area contributed by atoms with Crippen LogP contribution >= 0.6 is 0 Å². The van der Waals surface area contributed by atoms with Crippen molar-refractivity contribution in [2.24, 2.45) is 0 Å². The van der Waals surface area contributed by atoms with Gasteiger partial charge in [-0.05, 0) is 0 Å². The summed E-state index contributed by atoms with van der Waals surface area (Å²) in [6.45, 7) is 0.292. The zero-order valence-electron chi connectivity index (χ0n) is 5.32. The van der Waals surface area contributed by atoms with Crippen molar-refractivity contribution in [3.05, 3.63) is 34.7 Å². The first-order valence-electron chi connectivity index (χ1n) is 2.86. The summed E-state index contributed by atoms with van der Waals surface area (Å²) in [5.41, 5.74) is -0.0332. The highest BCUT2D eigenvalue weighted by molar-refractivity contribution is 4.95. The lowest BCUT2D eigenvalue weighted by Gasteiger charge is -1.95. The lowest BCUT2D eigenvalue weighted by Crippen LogP contribution is -2.02. The summed E-state index contributed by atoms with van der Waals surface area (Å²) in [6.07, 6.45) is 3.18. The van der Waals surface area contributed by atoms with Gasteiger partial charge in [0.1, 0.15) is 6.54 Å². The van der Waals surface area contributed by atoms with Crippen molar-refractivity contribution in [1.82, 2.24) is 4.57 Å². The highest BCUT2D eigenvalue weighted by Crippen LogP contribution is 1.81. The Labute approximate surface area is 58.1 Å². The molecule has 0 amide bonds. The first-order chi connectivity index (χ1) is 4.83. The Balaban J connectivity index is 2.92. The molecule has 0 aliphatic heterocycles. The van der Waals surface area contributed by atoms with Gasteiger partial charge >= 0.3 is 0 Å². The Hall–Kier alpha value is -1.56. The second-order valence-electron chi connectivity index (χ2n) is 1.86. The second-order valence-corrected chi connectivity index (χ2v) is 1.86. The van der Waals surface area contributed by atoms with Crippen LogP contribution in [0.2, 0.25) is 0 Å². The van der Waals surface area contributed by atoms with Crippen LogP contribution in [0, 0.1) is 11.3 Å². The quantitative estimate of drug-likeness (QED) is 0.557. The molecule has 0 aromatic carbocycles. The molecule has 1 heterocycles. The van der Waals surface area contributed by atoms with E-state index < -0.39 is 0 Å². The van der Waals surface area contributed by atoms with E-state index in [-0.39, 0.29) is 5.43 Å². The van der Waals surface area contributed by atoms with Gasteiger partial charge in [0.25, 0.3) is 0 Å². The van der Waals surface area contributed by atoms with Gasteiger partial charge in [0.05, 0.1) is 6.07 Å². The fraction of sp³-hybridized carbons (Fsp3) is 0.143. The van der Waals surface area contributed by atoms with Crippen LogP contribution in [0.3, 0.4) is 0 Å². The van der Waals surface area contributed by atoms with E-state index in [4.69, 9.17) is 5.26 Å². The third-order valence-electron chi connectivity index (χ3n) is 1.11. The average molecular weight is 134 g/mol. The predicted molar refractivity (Wildman–Crippen MR) is 36.3 cm³/mol. The maximum Gasteiger partial charge on any atom is 0.181 e. The Kier molecular flexibility index (Phi) is 1.86. The monoisotopic (exact) mass is 134 g/mol. The Bertz CT molecular complexity index is 288. The van der Waals surface area contributed by atoms with Gasteiger partial charge in [-0.15, -0.1) is 0 Å².